The summed E-state index contributed by atoms with van der Waals surface area (Å²) in [6, 6.07) is 9.46. The van der Waals surface area contributed by atoms with E-state index in [1.54, 1.807) is 9.47 Å². The molecule has 1 aromatic heterocycles. The van der Waals surface area contributed by atoms with E-state index in [2.05, 4.69) is 43.0 Å². The van der Waals surface area contributed by atoms with Gasteiger partial charge in [0.15, 0.2) is 0 Å². The number of hydrogen-bond donors (Lipinski definition) is 0. The number of fused-ring (bicyclic) bond motifs is 1. The van der Waals surface area contributed by atoms with E-state index < -0.39 is 12.0 Å². The molecule has 36 heavy (non-hydrogen) atoms. The van der Waals surface area contributed by atoms with Gasteiger partial charge in [-0.1, -0.05) is 38.1 Å². The van der Waals surface area contributed by atoms with Gasteiger partial charge in [-0.25, -0.2) is 4.79 Å². The highest BCUT2D eigenvalue weighted by Gasteiger charge is 2.36. The third kappa shape index (κ3) is 5.33. The lowest BCUT2D eigenvalue weighted by Gasteiger charge is -2.34. The van der Waals surface area contributed by atoms with Crippen LogP contribution in [-0.2, 0) is 29.0 Å². The quantitative estimate of drug-likeness (QED) is 0.573. The molecule has 194 valence electrons. The van der Waals surface area contributed by atoms with Crippen LogP contribution in [0.25, 0.3) is 0 Å². The van der Waals surface area contributed by atoms with Crippen LogP contribution < -0.4 is 10.3 Å². The molecule has 2 aliphatic rings. The standard InChI is InChI=1S/C28H37N3O5/c1-19(2)21-10-8-20(9-11-21)18-29-14-12-22-26(24(35-3)17-25(32)30(22)16-15-29)27(33)31-13-6-5-7-23(31)28(34)36-4/h8-11,17,19,23H,5-7,12-16,18H2,1-4H3. The van der Waals surface area contributed by atoms with Crippen LogP contribution in [0.3, 0.4) is 0 Å². The van der Waals surface area contributed by atoms with E-state index in [1.165, 1.54) is 31.4 Å². The highest BCUT2D eigenvalue weighted by Crippen LogP contribution is 2.28. The molecule has 3 heterocycles. The Balaban J connectivity index is 1.61. The number of ether oxygens (including phenoxy) is 2. The zero-order valence-electron chi connectivity index (χ0n) is 21.8. The van der Waals surface area contributed by atoms with Crippen LogP contribution in [0.5, 0.6) is 5.75 Å². The molecular weight excluding hydrogens is 458 g/mol. The number of hydrogen-bond acceptors (Lipinski definition) is 6. The first-order chi connectivity index (χ1) is 17.3. The molecule has 2 aromatic rings. The van der Waals surface area contributed by atoms with Gasteiger partial charge in [0.1, 0.15) is 17.4 Å². The predicted octanol–water partition coefficient (Wildman–Crippen LogP) is 3.21. The van der Waals surface area contributed by atoms with Crippen LogP contribution in [0.4, 0.5) is 0 Å². The van der Waals surface area contributed by atoms with Crippen LogP contribution in [0.2, 0.25) is 0 Å². The van der Waals surface area contributed by atoms with Crippen molar-refractivity contribution in [3.8, 4) is 5.75 Å². The largest absolute Gasteiger partial charge is 0.496 e. The number of carbonyl (C=O) groups is 2. The molecule has 1 unspecified atom stereocenters. The second-order valence-electron chi connectivity index (χ2n) is 9.98. The van der Waals surface area contributed by atoms with Crippen molar-refractivity contribution in [3.05, 3.63) is 63.1 Å². The Kier molecular flexibility index (Phi) is 8.14. The molecule has 2 aliphatic heterocycles. The first-order valence-electron chi connectivity index (χ1n) is 12.8. The highest BCUT2D eigenvalue weighted by atomic mass is 16.5. The molecule has 0 bridgehead atoms. The van der Waals surface area contributed by atoms with Crippen LogP contribution in [0, 0.1) is 0 Å². The molecule has 1 saturated heterocycles. The predicted molar refractivity (Wildman–Crippen MR) is 137 cm³/mol. The lowest BCUT2D eigenvalue weighted by molar-refractivity contribution is -0.147. The molecule has 0 N–H and O–H groups in total. The van der Waals surface area contributed by atoms with Gasteiger partial charge in [-0.15, -0.1) is 0 Å². The van der Waals surface area contributed by atoms with E-state index in [0.717, 1.165) is 19.4 Å². The second kappa shape index (κ2) is 11.3. The topological polar surface area (TPSA) is 81.1 Å². The van der Waals surface area contributed by atoms with Gasteiger partial charge in [0.05, 0.1) is 14.2 Å². The van der Waals surface area contributed by atoms with Crippen molar-refractivity contribution in [2.75, 3.05) is 33.9 Å². The van der Waals surface area contributed by atoms with Gasteiger partial charge < -0.3 is 18.9 Å². The Morgan fingerprint density at radius 2 is 1.78 bits per heavy atom. The fourth-order valence-electron chi connectivity index (χ4n) is 5.31. The van der Waals surface area contributed by atoms with Crippen LogP contribution in [0.1, 0.15) is 66.2 Å². The normalized spacial score (nSPS) is 18.5. The molecule has 0 saturated carbocycles. The van der Waals surface area contributed by atoms with Crippen LogP contribution in [0.15, 0.2) is 35.1 Å². The lowest BCUT2D eigenvalue weighted by atomic mass is 9.99. The fraction of sp³-hybridized carbons (Fsp3) is 0.536. The SMILES string of the molecule is COC(=O)C1CCCCN1C(=O)c1c(OC)cc(=O)n2c1CCN(Cc1ccc(C(C)C)cc1)CC2. The van der Waals surface area contributed by atoms with Gasteiger partial charge in [-0.05, 0) is 36.3 Å². The number of methoxy groups -OCH3 is 2. The minimum Gasteiger partial charge on any atom is -0.496 e. The summed E-state index contributed by atoms with van der Waals surface area (Å²) in [4.78, 5) is 43.2. The number of amides is 1. The number of benzene rings is 1. The Bertz CT molecular complexity index is 1160. The number of pyridine rings is 1. The average Bonchev–Trinajstić information content (AvgIpc) is 3.11. The maximum atomic E-state index is 13.9. The molecule has 0 aliphatic carbocycles. The smallest absolute Gasteiger partial charge is 0.328 e. The molecule has 8 heteroatoms. The van der Waals surface area contributed by atoms with E-state index in [0.29, 0.717) is 56.2 Å². The highest BCUT2D eigenvalue weighted by molar-refractivity contribution is 6.00. The first-order valence-corrected chi connectivity index (χ1v) is 12.8. The minimum atomic E-state index is -0.621. The Morgan fingerprint density at radius 1 is 1.03 bits per heavy atom. The van der Waals surface area contributed by atoms with Crippen molar-refractivity contribution in [2.45, 2.75) is 64.6 Å². The van der Waals surface area contributed by atoms with Gasteiger partial charge in [0.25, 0.3) is 11.5 Å². The monoisotopic (exact) mass is 495 g/mol. The number of piperidine rings is 1. The van der Waals surface area contributed by atoms with E-state index >= 15 is 0 Å². The first kappa shape index (κ1) is 25.9. The summed E-state index contributed by atoms with van der Waals surface area (Å²) in [6.07, 6.45) is 2.79. The molecule has 1 fully saturated rings. The van der Waals surface area contributed by atoms with Crippen molar-refractivity contribution in [1.82, 2.24) is 14.4 Å². The van der Waals surface area contributed by atoms with Crippen molar-refractivity contribution in [3.63, 3.8) is 0 Å². The summed E-state index contributed by atoms with van der Waals surface area (Å²) >= 11 is 0. The molecule has 1 amide bonds. The van der Waals surface area contributed by atoms with Gasteiger partial charge in [-0.2, -0.15) is 0 Å². The van der Waals surface area contributed by atoms with Crippen molar-refractivity contribution in [1.29, 1.82) is 0 Å². The molecule has 1 atom stereocenters. The summed E-state index contributed by atoms with van der Waals surface area (Å²) < 4.78 is 12.2. The van der Waals surface area contributed by atoms with Crippen molar-refractivity contribution in [2.24, 2.45) is 0 Å². The molecule has 0 radical (unpaired) electrons. The van der Waals surface area contributed by atoms with E-state index in [-0.39, 0.29) is 17.2 Å². The number of carbonyl (C=O) groups excluding carboxylic acids is 2. The summed E-state index contributed by atoms with van der Waals surface area (Å²) in [5, 5.41) is 0. The van der Waals surface area contributed by atoms with Gasteiger partial charge in [-0.3, -0.25) is 14.5 Å². The van der Waals surface area contributed by atoms with Crippen LogP contribution >= 0.6 is 0 Å². The second-order valence-corrected chi connectivity index (χ2v) is 9.98. The maximum absolute atomic E-state index is 13.9. The number of nitrogens with zero attached hydrogens (tertiary/aromatic N) is 3. The van der Waals surface area contributed by atoms with E-state index in [1.807, 2.05) is 0 Å². The van der Waals surface area contributed by atoms with Crippen molar-refractivity contribution < 1.29 is 19.1 Å². The Morgan fingerprint density at radius 3 is 2.44 bits per heavy atom. The lowest BCUT2D eigenvalue weighted by Crippen LogP contribution is -2.49. The molecule has 0 spiro atoms. The molecule has 1 aromatic carbocycles. The van der Waals surface area contributed by atoms with Crippen LogP contribution in [-0.4, -0.2) is 66.1 Å². The van der Waals surface area contributed by atoms with E-state index in [4.69, 9.17) is 9.47 Å². The number of rotatable bonds is 6. The maximum Gasteiger partial charge on any atom is 0.328 e. The third-order valence-corrected chi connectivity index (χ3v) is 7.41. The summed E-state index contributed by atoms with van der Waals surface area (Å²) in [6.45, 7) is 7.51. The zero-order chi connectivity index (χ0) is 25.8. The Hall–Kier alpha value is -3.13. The fourth-order valence-corrected chi connectivity index (χ4v) is 5.31. The average molecular weight is 496 g/mol. The van der Waals surface area contributed by atoms with E-state index in [9.17, 15) is 14.4 Å². The molecule has 4 rings (SSSR count). The van der Waals surface area contributed by atoms with Crippen molar-refractivity contribution >= 4 is 11.9 Å². The Labute approximate surface area is 212 Å². The molecule has 8 nitrogen and oxygen atoms in total. The number of aromatic nitrogens is 1. The summed E-state index contributed by atoms with van der Waals surface area (Å²) in [5.74, 6) is 0.0747. The number of esters is 1. The zero-order valence-corrected chi connectivity index (χ0v) is 21.8. The number of likely N-dealkylation sites (tertiary alicyclic amines) is 1. The summed E-state index contributed by atoms with van der Waals surface area (Å²) in [5.41, 5.74) is 3.42. The van der Waals surface area contributed by atoms with Gasteiger partial charge in [0, 0.05) is 50.9 Å². The van der Waals surface area contributed by atoms with Gasteiger partial charge >= 0.3 is 5.97 Å². The third-order valence-electron chi connectivity index (χ3n) is 7.41. The van der Waals surface area contributed by atoms with Gasteiger partial charge in [0.2, 0.25) is 0 Å². The minimum absolute atomic E-state index is 0.176. The molecular formula is C28H37N3O5. The summed E-state index contributed by atoms with van der Waals surface area (Å²) in [7, 11) is 2.82.